The Kier molecular flexibility index (Phi) is 4.00. The maximum Gasteiger partial charge on any atom is 0.266 e. The van der Waals surface area contributed by atoms with Crippen molar-refractivity contribution in [2.24, 2.45) is 0 Å². The highest BCUT2D eigenvalue weighted by Gasteiger charge is 2.43. The van der Waals surface area contributed by atoms with Crippen molar-refractivity contribution < 1.29 is 19.4 Å². The summed E-state index contributed by atoms with van der Waals surface area (Å²) in [7, 11) is 0. The molecule has 0 bridgehead atoms. The van der Waals surface area contributed by atoms with Gasteiger partial charge >= 0.3 is 0 Å². The van der Waals surface area contributed by atoms with Gasteiger partial charge in [0.1, 0.15) is 11.5 Å². The Balaban J connectivity index is 1.94. The molecule has 0 radical (unpaired) electrons. The summed E-state index contributed by atoms with van der Waals surface area (Å²) in [5, 5.41) is 10.2. The van der Waals surface area contributed by atoms with Crippen LogP contribution in [0.2, 0.25) is 0 Å². The Morgan fingerprint density at radius 2 is 1.78 bits per heavy atom. The first kappa shape index (κ1) is 16.1. The minimum Gasteiger partial charge on any atom is -0.507 e. The summed E-state index contributed by atoms with van der Waals surface area (Å²) in [6.07, 6.45) is 1.36. The van der Waals surface area contributed by atoms with Gasteiger partial charge < -0.3 is 19.5 Å². The molecule has 2 aliphatic rings. The minimum atomic E-state index is -0.842. The highest BCUT2D eigenvalue weighted by Crippen LogP contribution is 2.43. The fraction of sp³-hybridized carbons (Fsp3) is 0.611. The van der Waals surface area contributed by atoms with Gasteiger partial charge in [0, 0.05) is 25.1 Å². The number of carbonyl (C=O) groups excluding carboxylic acids is 1. The molecule has 0 spiro atoms. The third-order valence-electron chi connectivity index (χ3n) is 5.27. The maximum absolute atomic E-state index is 12.9. The predicted molar refractivity (Wildman–Crippen MR) is 87.1 cm³/mol. The molecular weight excluding hydrogens is 294 g/mol. The molecule has 5 nitrogen and oxygen atoms in total. The summed E-state index contributed by atoms with van der Waals surface area (Å²) < 4.78 is 11.6. The largest absolute Gasteiger partial charge is 0.507 e. The molecule has 1 atom stereocenters. The molecule has 3 rings (SSSR count). The van der Waals surface area contributed by atoms with E-state index in [4.69, 9.17) is 9.47 Å². The van der Waals surface area contributed by atoms with Gasteiger partial charge in [0.2, 0.25) is 0 Å². The minimum absolute atomic E-state index is 0.0363. The number of fused-ring (bicyclic) bond motifs is 1. The highest BCUT2D eigenvalue weighted by atomic mass is 16.5. The van der Waals surface area contributed by atoms with Crippen LogP contribution in [0.3, 0.4) is 0 Å². The molecule has 1 fully saturated rings. The molecule has 1 aromatic carbocycles. The van der Waals surface area contributed by atoms with Crippen LogP contribution < -0.4 is 4.74 Å². The first-order valence-corrected chi connectivity index (χ1v) is 8.23. The number of ether oxygens (including phenoxy) is 2. The molecule has 2 heterocycles. The Morgan fingerprint density at radius 3 is 2.43 bits per heavy atom. The van der Waals surface area contributed by atoms with E-state index in [9.17, 15) is 9.90 Å². The first-order chi connectivity index (χ1) is 10.8. The van der Waals surface area contributed by atoms with E-state index in [0.29, 0.717) is 38.5 Å². The molecule has 0 aromatic heterocycles. The Labute approximate surface area is 137 Å². The number of carbonyl (C=O) groups is 1. The summed E-state index contributed by atoms with van der Waals surface area (Å²) in [6.45, 7) is 10.0. The number of nitrogens with zero attached hydrogens (tertiary/aromatic N) is 1. The lowest BCUT2D eigenvalue weighted by Crippen LogP contribution is -2.55. The van der Waals surface area contributed by atoms with E-state index in [0.717, 1.165) is 34.4 Å². The first-order valence-electron chi connectivity index (χ1n) is 8.23. The molecule has 23 heavy (non-hydrogen) atoms. The number of hydrogen-bond acceptors (Lipinski definition) is 4. The van der Waals surface area contributed by atoms with Crippen molar-refractivity contribution in [3.8, 4) is 11.5 Å². The molecule has 0 aliphatic carbocycles. The van der Waals surface area contributed by atoms with Crippen molar-refractivity contribution in [1.29, 1.82) is 0 Å². The van der Waals surface area contributed by atoms with E-state index in [2.05, 4.69) is 0 Å². The van der Waals surface area contributed by atoms with E-state index in [1.165, 1.54) is 0 Å². The average molecular weight is 319 g/mol. The van der Waals surface area contributed by atoms with Crippen molar-refractivity contribution in [2.45, 2.75) is 46.1 Å². The SMILES string of the molecule is Cc1c(C)c2c(c(C)c1O)CC[C@@](C)(C(=O)N1CCOCC1)O2. The van der Waals surface area contributed by atoms with Crippen molar-refractivity contribution in [1.82, 2.24) is 4.90 Å². The van der Waals surface area contributed by atoms with Gasteiger partial charge in [-0.2, -0.15) is 0 Å². The maximum atomic E-state index is 12.9. The number of amides is 1. The standard InChI is InChI=1S/C18H25NO4/c1-11-12(2)16-14(13(3)15(11)20)5-6-18(4,23-16)17(21)19-7-9-22-10-8-19/h20H,5-10H2,1-4H3/t18-/m0/s1. The second-order valence-electron chi connectivity index (χ2n) is 6.77. The van der Waals surface area contributed by atoms with Crippen molar-refractivity contribution in [3.05, 3.63) is 22.3 Å². The normalized spacial score (nSPS) is 24.1. The highest BCUT2D eigenvalue weighted by molar-refractivity contribution is 5.86. The lowest BCUT2D eigenvalue weighted by molar-refractivity contribution is -0.152. The van der Waals surface area contributed by atoms with Crippen LogP contribution in [0.1, 0.15) is 35.6 Å². The van der Waals surface area contributed by atoms with E-state index in [-0.39, 0.29) is 5.91 Å². The fourth-order valence-electron chi connectivity index (χ4n) is 3.50. The van der Waals surface area contributed by atoms with Gasteiger partial charge in [0.05, 0.1) is 13.2 Å². The number of rotatable bonds is 1. The van der Waals surface area contributed by atoms with Crippen LogP contribution in [0.5, 0.6) is 11.5 Å². The molecule has 1 saturated heterocycles. The molecule has 0 unspecified atom stereocenters. The summed E-state index contributed by atoms with van der Waals surface area (Å²) in [4.78, 5) is 14.8. The molecular formula is C18H25NO4. The van der Waals surface area contributed by atoms with Gasteiger partial charge in [-0.15, -0.1) is 0 Å². The quantitative estimate of drug-likeness (QED) is 0.862. The van der Waals surface area contributed by atoms with Crippen LogP contribution in [0.25, 0.3) is 0 Å². The number of morpholine rings is 1. The van der Waals surface area contributed by atoms with Crippen LogP contribution in [0.4, 0.5) is 0 Å². The number of phenols is 1. The summed E-state index contributed by atoms with van der Waals surface area (Å²) in [5.41, 5.74) is 2.79. The molecule has 2 aliphatic heterocycles. The molecule has 5 heteroatoms. The average Bonchev–Trinajstić information content (AvgIpc) is 2.58. The zero-order valence-electron chi connectivity index (χ0n) is 14.4. The van der Waals surface area contributed by atoms with Crippen LogP contribution in [0.15, 0.2) is 0 Å². The third kappa shape index (κ3) is 2.57. The Bertz CT molecular complexity index is 649. The number of hydrogen-bond donors (Lipinski definition) is 1. The van der Waals surface area contributed by atoms with E-state index in [1.807, 2.05) is 32.6 Å². The number of benzene rings is 1. The van der Waals surface area contributed by atoms with Gasteiger partial charge in [0.15, 0.2) is 5.60 Å². The van der Waals surface area contributed by atoms with Crippen LogP contribution >= 0.6 is 0 Å². The van der Waals surface area contributed by atoms with Crippen molar-refractivity contribution >= 4 is 5.91 Å². The van der Waals surface area contributed by atoms with E-state index in [1.54, 1.807) is 0 Å². The summed E-state index contributed by atoms with van der Waals surface area (Å²) in [6, 6.07) is 0. The topological polar surface area (TPSA) is 59.0 Å². The van der Waals surface area contributed by atoms with Gasteiger partial charge in [-0.05, 0) is 50.8 Å². The summed E-state index contributed by atoms with van der Waals surface area (Å²) in [5.74, 6) is 1.15. The predicted octanol–water partition coefficient (Wildman–Crippen LogP) is 2.26. The van der Waals surface area contributed by atoms with Gasteiger partial charge in [0.25, 0.3) is 5.91 Å². The van der Waals surface area contributed by atoms with Crippen LogP contribution in [0, 0.1) is 20.8 Å². The third-order valence-corrected chi connectivity index (χ3v) is 5.27. The monoisotopic (exact) mass is 319 g/mol. The zero-order chi connectivity index (χ0) is 16.8. The smallest absolute Gasteiger partial charge is 0.266 e. The summed E-state index contributed by atoms with van der Waals surface area (Å²) >= 11 is 0. The molecule has 0 saturated carbocycles. The molecule has 1 amide bonds. The van der Waals surface area contributed by atoms with Crippen molar-refractivity contribution in [2.75, 3.05) is 26.3 Å². The number of aromatic hydroxyl groups is 1. The van der Waals surface area contributed by atoms with Gasteiger partial charge in [-0.25, -0.2) is 0 Å². The fourth-order valence-corrected chi connectivity index (χ4v) is 3.50. The van der Waals surface area contributed by atoms with Crippen LogP contribution in [-0.2, 0) is 16.0 Å². The van der Waals surface area contributed by atoms with Crippen molar-refractivity contribution in [3.63, 3.8) is 0 Å². The molecule has 1 aromatic rings. The van der Waals surface area contributed by atoms with E-state index >= 15 is 0 Å². The second kappa shape index (κ2) is 5.71. The second-order valence-corrected chi connectivity index (χ2v) is 6.77. The van der Waals surface area contributed by atoms with Gasteiger partial charge in [-0.1, -0.05) is 0 Å². The van der Waals surface area contributed by atoms with Crippen LogP contribution in [-0.4, -0.2) is 47.8 Å². The van der Waals surface area contributed by atoms with Gasteiger partial charge in [-0.3, -0.25) is 4.79 Å². The molecule has 126 valence electrons. The number of phenolic OH excluding ortho intramolecular Hbond substituents is 1. The Hall–Kier alpha value is -1.75. The lowest BCUT2D eigenvalue weighted by Gasteiger charge is -2.40. The Morgan fingerprint density at radius 1 is 1.13 bits per heavy atom. The zero-order valence-corrected chi connectivity index (χ0v) is 14.4. The van der Waals surface area contributed by atoms with E-state index < -0.39 is 5.60 Å². The molecule has 1 N–H and O–H groups in total. The lowest BCUT2D eigenvalue weighted by atomic mass is 9.86.